The molecule has 0 radical (unpaired) electrons. The number of rotatable bonds is 8. The van der Waals surface area contributed by atoms with E-state index in [4.69, 9.17) is 9.84 Å². The molecule has 0 aromatic rings. The molecule has 5 heteroatoms. The van der Waals surface area contributed by atoms with E-state index in [1.165, 1.54) is 25.7 Å². The van der Waals surface area contributed by atoms with Crippen molar-refractivity contribution in [2.75, 3.05) is 19.8 Å². The van der Waals surface area contributed by atoms with E-state index in [-0.39, 0.29) is 23.2 Å². The van der Waals surface area contributed by atoms with Crippen LogP contribution in [-0.2, 0) is 14.3 Å². The van der Waals surface area contributed by atoms with Crippen LogP contribution in [0.25, 0.3) is 0 Å². The average molecular weight is 325 g/mol. The van der Waals surface area contributed by atoms with Gasteiger partial charge in [0.1, 0.15) is 0 Å². The molecule has 5 nitrogen and oxygen atoms in total. The smallest absolute Gasteiger partial charge is 0.306 e. The van der Waals surface area contributed by atoms with Crippen LogP contribution in [0.5, 0.6) is 0 Å². The van der Waals surface area contributed by atoms with Gasteiger partial charge in [0.25, 0.3) is 0 Å². The van der Waals surface area contributed by atoms with Crippen molar-refractivity contribution in [3.8, 4) is 0 Å². The maximum Gasteiger partial charge on any atom is 0.306 e. The van der Waals surface area contributed by atoms with Gasteiger partial charge in [0.05, 0.1) is 5.92 Å². The molecule has 0 bridgehead atoms. The summed E-state index contributed by atoms with van der Waals surface area (Å²) >= 11 is 0. The number of hydrogen-bond acceptors (Lipinski definition) is 3. The van der Waals surface area contributed by atoms with Gasteiger partial charge in [0.15, 0.2) is 0 Å². The molecule has 0 aliphatic heterocycles. The highest BCUT2D eigenvalue weighted by Crippen LogP contribution is 2.40. The number of aliphatic carboxylic acids is 1. The highest BCUT2D eigenvalue weighted by atomic mass is 16.5. The topological polar surface area (TPSA) is 75.6 Å². The summed E-state index contributed by atoms with van der Waals surface area (Å²) in [5.74, 6) is -0.858. The van der Waals surface area contributed by atoms with Crippen molar-refractivity contribution in [1.29, 1.82) is 0 Å². The molecule has 1 amide bonds. The summed E-state index contributed by atoms with van der Waals surface area (Å²) in [4.78, 5) is 23.4. The highest BCUT2D eigenvalue weighted by molar-refractivity contribution is 5.79. The minimum atomic E-state index is -0.718. The number of nitrogens with one attached hydrogen (secondary N) is 1. The molecule has 2 saturated carbocycles. The van der Waals surface area contributed by atoms with Gasteiger partial charge in [-0.25, -0.2) is 0 Å². The molecule has 2 aliphatic carbocycles. The Bertz CT molecular complexity index is 396. The molecule has 0 aromatic heterocycles. The molecule has 0 atom stereocenters. The van der Waals surface area contributed by atoms with Crippen LogP contribution in [0.1, 0.15) is 64.7 Å². The molecule has 0 unspecified atom stereocenters. The Hall–Kier alpha value is -1.10. The zero-order valence-electron chi connectivity index (χ0n) is 14.3. The molecule has 0 aromatic carbocycles. The monoisotopic (exact) mass is 325 g/mol. The van der Waals surface area contributed by atoms with Crippen LogP contribution in [0.15, 0.2) is 0 Å². The fourth-order valence-electron chi connectivity index (χ4n) is 4.09. The van der Waals surface area contributed by atoms with Crippen LogP contribution in [0.2, 0.25) is 0 Å². The fourth-order valence-corrected chi connectivity index (χ4v) is 4.09. The summed E-state index contributed by atoms with van der Waals surface area (Å²) in [6.07, 6.45) is 8.51. The van der Waals surface area contributed by atoms with Crippen LogP contribution >= 0.6 is 0 Å². The Labute approximate surface area is 139 Å². The van der Waals surface area contributed by atoms with Crippen molar-refractivity contribution in [3.63, 3.8) is 0 Å². The molecule has 0 heterocycles. The summed E-state index contributed by atoms with van der Waals surface area (Å²) < 4.78 is 5.51. The first-order valence-electron chi connectivity index (χ1n) is 9.14. The lowest BCUT2D eigenvalue weighted by Crippen LogP contribution is -2.41. The Morgan fingerprint density at radius 2 is 1.74 bits per heavy atom. The van der Waals surface area contributed by atoms with Crippen molar-refractivity contribution in [2.24, 2.45) is 17.3 Å². The third-order valence-corrected chi connectivity index (χ3v) is 5.73. The highest BCUT2D eigenvalue weighted by Gasteiger charge is 2.35. The van der Waals surface area contributed by atoms with Crippen molar-refractivity contribution in [2.45, 2.75) is 64.7 Å². The zero-order valence-corrected chi connectivity index (χ0v) is 14.3. The van der Waals surface area contributed by atoms with Gasteiger partial charge in [-0.2, -0.15) is 0 Å². The van der Waals surface area contributed by atoms with Crippen molar-refractivity contribution >= 4 is 11.9 Å². The van der Waals surface area contributed by atoms with Crippen molar-refractivity contribution < 1.29 is 19.4 Å². The number of carboxylic acid groups (broad SMARTS) is 1. The summed E-state index contributed by atoms with van der Waals surface area (Å²) in [6.45, 7) is 4.28. The van der Waals surface area contributed by atoms with E-state index in [2.05, 4.69) is 5.32 Å². The van der Waals surface area contributed by atoms with E-state index in [1.54, 1.807) is 0 Å². The molecule has 0 saturated heterocycles. The third kappa shape index (κ3) is 5.20. The molecular weight excluding hydrogens is 294 g/mol. The minimum absolute atomic E-state index is 0.00375. The Balaban J connectivity index is 1.77. The lowest BCUT2D eigenvalue weighted by molar-refractivity contribution is -0.144. The quantitative estimate of drug-likeness (QED) is 0.673. The Morgan fingerprint density at radius 1 is 1.13 bits per heavy atom. The molecule has 2 rings (SSSR count). The van der Waals surface area contributed by atoms with Gasteiger partial charge in [0, 0.05) is 25.7 Å². The SMILES string of the molecule is CCOCCC1(CNC(=O)C2CCC(C(=O)O)CC2)CCCC1. The first kappa shape index (κ1) is 18.2. The second-order valence-corrected chi connectivity index (χ2v) is 7.26. The van der Waals surface area contributed by atoms with E-state index in [0.29, 0.717) is 25.7 Å². The minimum Gasteiger partial charge on any atom is -0.481 e. The largest absolute Gasteiger partial charge is 0.481 e. The number of carboxylic acids is 1. The van der Waals surface area contributed by atoms with E-state index >= 15 is 0 Å². The summed E-state index contributed by atoms with van der Waals surface area (Å²) in [5, 5.41) is 12.2. The first-order valence-corrected chi connectivity index (χ1v) is 9.14. The van der Waals surface area contributed by atoms with Crippen LogP contribution in [0, 0.1) is 17.3 Å². The van der Waals surface area contributed by atoms with Gasteiger partial charge >= 0.3 is 5.97 Å². The van der Waals surface area contributed by atoms with E-state index in [1.807, 2.05) is 6.92 Å². The zero-order chi connectivity index (χ0) is 16.7. The van der Waals surface area contributed by atoms with Gasteiger partial charge in [-0.05, 0) is 57.3 Å². The van der Waals surface area contributed by atoms with Crippen LogP contribution in [0.4, 0.5) is 0 Å². The molecule has 2 aliphatic rings. The van der Waals surface area contributed by atoms with Crippen molar-refractivity contribution in [3.05, 3.63) is 0 Å². The number of hydrogen-bond donors (Lipinski definition) is 2. The van der Waals surface area contributed by atoms with E-state index in [0.717, 1.165) is 26.2 Å². The van der Waals surface area contributed by atoms with E-state index < -0.39 is 5.97 Å². The van der Waals surface area contributed by atoms with Crippen LogP contribution in [-0.4, -0.2) is 36.7 Å². The predicted molar refractivity (Wildman–Crippen MR) is 88.1 cm³/mol. The van der Waals surface area contributed by atoms with Gasteiger partial charge in [-0.3, -0.25) is 9.59 Å². The summed E-state index contributed by atoms with van der Waals surface area (Å²) in [6, 6.07) is 0. The van der Waals surface area contributed by atoms with Gasteiger partial charge in [-0.15, -0.1) is 0 Å². The van der Waals surface area contributed by atoms with Gasteiger partial charge < -0.3 is 15.2 Å². The molecule has 23 heavy (non-hydrogen) atoms. The number of carbonyl (C=O) groups excluding carboxylic acids is 1. The fraction of sp³-hybridized carbons (Fsp3) is 0.889. The molecule has 0 spiro atoms. The third-order valence-electron chi connectivity index (χ3n) is 5.73. The van der Waals surface area contributed by atoms with Gasteiger partial charge in [0.2, 0.25) is 5.91 Å². The lowest BCUT2D eigenvalue weighted by atomic mass is 9.80. The number of ether oxygens (including phenoxy) is 1. The maximum absolute atomic E-state index is 12.4. The van der Waals surface area contributed by atoms with Crippen LogP contribution < -0.4 is 5.32 Å². The second-order valence-electron chi connectivity index (χ2n) is 7.26. The van der Waals surface area contributed by atoms with Crippen LogP contribution in [0.3, 0.4) is 0 Å². The molecule has 2 fully saturated rings. The predicted octanol–water partition coefficient (Wildman–Crippen LogP) is 2.98. The van der Waals surface area contributed by atoms with Gasteiger partial charge in [-0.1, -0.05) is 12.8 Å². The lowest BCUT2D eigenvalue weighted by Gasteiger charge is -2.31. The standard InChI is InChI=1S/C18H31NO4/c1-2-23-12-11-18(9-3-4-10-18)13-19-16(20)14-5-7-15(8-6-14)17(21)22/h14-15H,2-13H2,1H3,(H,19,20)(H,21,22). The first-order chi connectivity index (χ1) is 11.1. The Kier molecular flexibility index (Phi) is 6.88. The molecular formula is C18H31NO4. The van der Waals surface area contributed by atoms with Crippen molar-refractivity contribution in [1.82, 2.24) is 5.32 Å². The number of amides is 1. The maximum atomic E-state index is 12.4. The second kappa shape index (κ2) is 8.67. The number of carbonyl (C=O) groups is 2. The summed E-state index contributed by atoms with van der Waals surface area (Å²) in [7, 11) is 0. The summed E-state index contributed by atoms with van der Waals surface area (Å²) in [5.41, 5.74) is 0.211. The molecule has 132 valence electrons. The van der Waals surface area contributed by atoms with E-state index in [9.17, 15) is 9.59 Å². The molecule has 2 N–H and O–H groups in total. The normalized spacial score (nSPS) is 26.8. The Morgan fingerprint density at radius 3 is 2.30 bits per heavy atom. The average Bonchev–Trinajstić information content (AvgIpc) is 3.02.